The quantitative estimate of drug-likeness (QED) is 0.852. The van der Waals surface area contributed by atoms with Crippen LogP contribution in [0.5, 0.6) is 0 Å². The molecule has 0 radical (unpaired) electrons. The second-order valence-corrected chi connectivity index (χ2v) is 6.60. The molecule has 4 rings (SSSR count). The molecule has 2 aliphatic heterocycles. The van der Waals surface area contributed by atoms with E-state index < -0.39 is 0 Å². The lowest BCUT2D eigenvalue weighted by atomic mass is 10.0. The summed E-state index contributed by atoms with van der Waals surface area (Å²) < 4.78 is 0. The molecule has 2 N–H and O–H groups in total. The second-order valence-electron chi connectivity index (χ2n) is 5.55. The largest absolute Gasteiger partial charge is 0.362 e. The third-order valence-corrected chi connectivity index (χ3v) is 4.90. The fraction of sp³-hybridized carbons (Fsp3) is 0.176. The second kappa shape index (κ2) is 5.62. The molecule has 1 fully saturated rings. The number of rotatable bonds is 3. The van der Waals surface area contributed by atoms with Gasteiger partial charge in [-0.25, -0.2) is 0 Å². The average molecular weight is 325 g/mol. The summed E-state index contributed by atoms with van der Waals surface area (Å²) in [6.45, 7) is 1.37. The Hall–Kier alpha value is -2.47. The molecule has 0 aliphatic carbocycles. The van der Waals surface area contributed by atoms with Crippen molar-refractivity contribution in [3.63, 3.8) is 0 Å². The van der Waals surface area contributed by atoms with Gasteiger partial charge >= 0.3 is 0 Å². The van der Waals surface area contributed by atoms with Gasteiger partial charge < -0.3 is 15.2 Å². The number of carbonyl (C=O) groups excluding carboxylic acids is 2. The molecule has 0 saturated carbocycles. The fourth-order valence-corrected chi connectivity index (χ4v) is 3.68. The third kappa shape index (κ3) is 2.66. The summed E-state index contributed by atoms with van der Waals surface area (Å²) in [5.41, 5.74) is 4.28. The Morgan fingerprint density at radius 1 is 1.26 bits per heavy atom. The molecule has 1 saturated heterocycles. The maximum atomic E-state index is 12.2. The Morgan fingerprint density at radius 2 is 2.17 bits per heavy atom. The summed E-state index contributed by atoms with van der Waals surface area (Å²) in [5.74, 6) is 0.751. The van der Waals surface area contributed by atoms with Gasteiger partial charge in [0.05, 0.1) is 5.57 Å². The predicted octanol–water partition coefficient (Wildman–Crippen LogP) is 3.18. The van der Waals surface area contributed by atoms with E-state index in [0.717, 1.165) is 34.8 Å². The van der Waals surface area contributed by atoms with E-state index in [4.69, 9.17) is 0 Å². The van der Waals surface area contributed by atoms with Crippen LogP contribution in [0.3, 0.4) is 0 Å². The van der Waals surface area contributed by atoms with Crippen LogP contribution in [0.2, 0.25) is 0 Å². The number of nitrogens with zero attached hydrogens (tertiary/aromatic N) is 1. The molecule has 3 heterocycles. The van der Waals surface area contributed by atoms with Crippen LogP contribution in [-0.2, 0) is 11.3 Å². The number of benzene rings is 1. The number of hydrogen-bond acceptors (Lipinski definition) is 3. The molecule has 6 heteroatoms. The van der Waals surface area contributed by atoms with Gasteiger partial charge in [0.25, 0.3) is 11.1 Å². The number of hydrogen-bond donors (Lipinski definition) is 2. The molecular weight excluding hydrogens is 310 g/mol. The van der Waals surface area contributed by atoms with Crippen molar-refractivity contribution < 1.29 is 9.59 Å². The number of aromatic nitrogens is 1. The van der Waals surface area contributed by atoms with Crippen LogP contribution in [0, 0.1) is 0 Å². The minimum Gasteiger partial charge on any atom is -0.362 e. The van der Waals surface area contributed by atoms with E-state index in [2.05, 4.69) is 10.3 Å². The molecule has 2 aliphatic rings. The molecule has 5 nitrogen and oxygen atoms in total. The van der Waals surface area contributed by atoms with Gasteiger partial charge in [0, 0.05) is 42.0 Å². The number of amides is 2. The number of nitrogens with one attached hydrogen (secondary N) is 2. The molecule has 116 valence electrons. The Kier molecular flexibility index (Phi) is 3.46. The van der Waals surface area contributed by atoms with Crippen molar-refractivity contribution >= 4 is 40.2 Å². The molecule has 2 aromatic rings. The van der Waals surface area contributed by atoms with Crippen LogP contribution in [0.1, 0.15) is 16.8 Å². The maximum Gasteiger partial charge on any atom is 0.282 e. The van der Waals surface area contributed by atoms with Gasteiger partial charge in [0.15, 0.2) is 0 Å². The minimum absolute atomic E-state index is 0.0976. The molecular formula is C17H15N3O2S. The summed E-state index contributed by atoms with van der Waals surface area (Å²) >= 11 is 1.36. The van der Waals surface area contributed by atoms with Crippen LogP contribution in [0.25, 0.3) is 11.6 Å². The molecule has 0 unspecified atom stereocenters. The predicted molar refractivity (Wildman–Crippen MR) is 92.0 cm³/mol. The van der Waals surface area contributed by atoms with E-state index in [1.54, 1.807) is 0 Å². The van der Waals surface area contributed by atoms with Gasteiger partial charge in [-0.1, -0.05) is 17.8 Å². The average Bonchev–Trinajstić information content (AvgIpc) is 3.24. The summed E-state index contributed by atoms with van der Waals surface area (Å²) in [6.07, 6.45) is 3.68. The lowest BCUT2D eigenvalue weighted by Gasteiger charge is -2.15. The van der Waals surface area contributed by atoms with Crippen LogP contribution >= 0.6 is 11.8 Å². The topological polar surface area (TPSA) is 65.2 Å². The standard InChI is InChI=1S/C17H15N3O2S/c21-16-14(9-12-2-1-5-18-12)13-8-11(3-4-15(13)19-16)10-20-6-7-23-17(20)22/h1-5,8-9,18H,6-7,10H2,(H,19,21). The first-order valence-corrected chi connectivity index (χ1v) is 8.41. The zero-order valence-corrected chi connectivity index (χ0v) is 13.2. The summed E-state index contributed by atoms with van der Waals surface area (Å²) in [6, 6.07) is 9.69. The first kappa shape index (κ1) is 14.1. The fourth-order valence-electron chi connectivity index (χ4n) is 2.86. The van der Waals surface area contributed by atoms with Gasteiger partial charge in [0.1, 0.15) is 0 Å². The maximum absolute atomic E-state index is 12.2. The molecule has 2 amide bonds. The van der Waals surface area contributed by atoms with Crippen molar-refractivity contribution in [2.24, 2.45) is 0 Å². The molecule has 0 spiro atoms. The van der Waals surface area contributed by atoms with Gasteiger partial charge in [-0.15, -0.1) is 0 Å². The minimum atomic E-state index is -0.0976. The molecule has 0 atom stereocenters. The van der Waals surface area contributed by atoms with Crippen LogP contribution < -0.4 is 5.32 Å². The number of fused-ring (bicyclic) bond motifs is 1. The van der Waals surface area contributed by atoms with Gasteiger partial charge in [0.2, 0.25) is 0 Å². The molecule has 23 heavy (non-hydrogen) atoms. The number of H-pyrrole nitrogens is 1. The highest BCUT2D eigenvalue weighted by atomic mass is 32.2. The van der Waals surface area contributed by atoms with E-state index in [1.165, 1.54) is 11.8 Å². The van der Waals surface area contributed by atoms with Gasteiger partial charge in [-0.05, 0) is 35.9 Å². The normalized spacial score (nSPS) is 18.6. The Bertz CT molecular complexity index is 811. The molecule has 1 aromatic heterocycles. The lowest BCUT2D eigenvalue weighted by Crippen LogP contribution is -2.22. The van der Waals surface area contributed by atoms with Crippen molar-refractivity contribution in [1.82, 2.24) is 9.88 Å². The highest BCUT2D eigenvalue weighted by Crippen LogP contribution is 2.34. The number of anilines is 1. The van der Waals surface area contributed by atoms with E-state index in [1.807, 2.05) is 47.5 Å². The smallest absolute Gasteiger partial charge is 0.282 e. The van der Waals surface area contributed by atoms with E-state index >= 15 is 0 Å². The lowest BCUT2D eigenvalue weighted by molar-refractivity contribution is -0.110. The summed E-state index contributed by atoms with van der Waals surface area (Å²) in [4.78, 5) is 28.9. The van der Waals surface area contributed by atoms with Crippen molar-refractivity contribution in [2.75, 3.05) is 17.6 Å². The first-order chi connectivity index (χ1) is 11.2. The van der Waals surface area contributed by atoms with Crippen molar-refractivity contribution in [3.8, 4) is 0 Å². The number of aromatic amines is 1. The van der Waals surface area contributed by atoms with Crippen molar-refractivity contribution in [2.45, 2.75) is 6.54 Å². The number of carbonyl (C=O) groups is 2. The zero-order chi connectivity index (χ0) is 15.8. The van der Waals surface area contributed by atoms with E-state index in [9.17, 15) is 9.59 Å². The Labute approximate surface area is 137 Å². The molecule has 0 bridgehead atoms. The Balaban J connectivity index is 1.66. The van der Waals surface area contributed by atoms with Crippen molar-refractivity contribution in [3.05, 3.63) is 53.3 Å². The van der Waals surface area contributed by atoms with Crippen LogP contribution in [0.15, 0.2) is 36.5 Å². The van der Waals surface area contributed by atoms with Gasteiger partial charge in [-0.2, -0.15) is 0 Å². The van der Waals surface area contributed by atoms with Crippen LogP contribution in [0.4, 0.5) is 10.5 Å². The third-order valence-electron chi connectivity index (χ3n) is 4.01. The summed E-state index contributed by atoms with van der Waals surface area (Å²) in [5, 5.41) is 3.01. The monoisotopic (exact) mass is 325 g/mol. The van der Waals surface area contributed by atoms with E-state index in [-0.39, 0.29) is 11.1 Å². The number of thioether (sulfide) groups is 1. The highest BCUT2D eigenvalue weighted by molar-refractivity contribution is 8.13. The Morgan fingerprint density at radius 3 is 2.91 bits per heavy atom. The first-order valence-electron chi connectivity index (χ1n) is 7.42. The highest BCUT2D eigenvalue weighted by Gasteiger charge is 2.26. The van der Waals surface area contributed by atoms with Crippen molar-refractivity contribution in [1.29, 1.82) is 0 Å². The summed E-state index contributed by atoms with van der Waals surface area (Å²) in [7, 11) is 0. The zero-order valence-electron chi connectivity index (χ0n) is 12.3. The molecule has 1 aromatic carbocycles. The van der Waals surface area contributed by atoms with Gasteiger partial charge in [-0.3, -0.25) is 9.59 Å². The van der Waals surface area contributed by atoms with E-state index in [0.29, 0.717) is 12.1 Å². The van der Waals surface area contributed by atoms with Crippen LogP contribution in [-0.4, -0.2) is 33.3 Å². The SMILES string of the molecule is O=C1Nc2ccc(CN3CCSC3=O)cc2C1=Cc1ccc[nH]1.